The van der Waals surface area contributed by atoms with Crippen molar-refractivity contribution in [2.24, 2.45) is 5.41 Å². The predicted octanol–water partition coefficient (Wildman–Crippen LogP) is 3.85. The van der Waals surface area contributed by atoms with Crippen LogP contribution in [0.3, 0.4) is 0 Å². The summed E-state index contributed by atoms with van der Waals surface area (Å²) in [5.41, 5.74) is 2.63. The maximum Gasteiger partial charge on any atom is 0.258 e. The summed E-state index contributed by atoms with van der Waals surface area (Å²) in [6.45, 7) is 3.32. The van der Waals surface area contributed by atoms with E-state index in [9.17, 15) is 27.4 Å². The van der Waals surface area contributed by atoms with Gasteiger partial charge in [-0.05, 0) is 73.9 Å². The Kier molecular flexibility index (Phi) is 7.80. The maximum atomic E-state index is 13.7. The lowest BCUT2D eigenvalue weighted by Gasteiger charge is -2.36. The van der Waals surface area contributed by atoms with Gasteiger partial charge in [-0.25, -0.2) is 13.8 Å². The maximum absolute atomic E-state index is 13.7. The number of rotatable bonds is 8. The molecular formula is C27H34F2N5O4S-. The fourth-order valence-electron chi connectivity index (χ4n) is 5.53. The van der Waals surface area contributed by atoms with Crippen molar-refractivity contribution < 1.29 is 27.4 Å². The molecule has 0 bridgehead atoms. The SMILES string of the molecule is Cc1cc(NC(=O)c2ccc(N(CCO)S(=O)[O-])cc2N2CCC3(CC2)CC3)nc(N2CCC(F)(F)CC2)c1. The molecule has 2 saturated heterocycles. The minimum Gasteiger partial charge on any atom is -0.755 e. The van der Waals surface area contributed by atoms with Crippen LogP contribution in [0.1, 0.15) is 54.4 Å². The van der Waals surface area contributed by atoms with Crippen LogP contribution < -0.4 is 19.4 Å². The molecule has 39 heavy (non-hydrogen) atoms. The Balaban J connectivity index is 1.41. The predicted molar refractivity (Wildman–Crippen MR) is 146 cm³/mol. The third-order valence-electron chi connectivity index (χ3n) is 8.14. The lowest BCUT2D eigenvalue weighted by Crippen LogP contribution is -2.39. The average Bonchev–Trinajstić information content (AvgIpc) is 3.65. The highest BCUT2D eigenvalue weighted by Crippen LogP contribution is 2.54. The normalized spacial score (nSPS) is 20.5. The van der Waals surface area contributed by atoms with Crippen LogP contribution in [-0.2, 0) is 11.3 Å². The van der Waals surface area contributed by atoms with Gasteiger partial charge in [-0.15, -0.1) is 0 Å². The number of amides is 1. The van der Waals surface area contributed by atoms with E-state index in [4.69, 9.17) is 0 Å². The second-order valence-corrected chi connectivity index (χ2v) is 11.8. The zero-order valence-corrected chi connectivity index (χ0v) is 22.8. The van der Waals surface area contributed by atoms with Crippen LogP contribution in [0.15, 0.2) is 30.3 Å². The summed E-state index contributed by atoms with van der Waals surface area (Å²) in [5, 5.41) is 12.2. The molecule has 3 aliphatic rings. The van der Waals surface area contributed by atoms with E-state index in [1.54, 1.807) is 29.2 Å². The van der Waals surface area contributed by atoms with Gasteiger partial charge in [0, 0.05) is 50.3 Å². The lowest BCUT2D eigenvalue weighted by atomic mass is 9.93. The van der Waals surface area contributed by atoms with Crippen LogP contribution in [0.2, 0.25) is 0 Å². The second kappa shape index (κ2) is 11.0. The van der Waals surface area contributed by atoms with E-state index in [0.717, 1.165) is 35.8 Å². The highest BCUT2D eigenvalue weighted by Gasteiger charge is 2.44. The molecule has 3 fully saturated rings. The van der Waals surface area contributed by atoms with Crippen molar-refractivity contribution in [2.45, 2.75) is 51.4 Å². The number of nitrogens with zero attached hydrogens (tertiary/aromatic N) is 4. The van der Waals surface area contributed by atoms with Crippen molar-refractivity contribution in [1.82, 2.24) is 4.98 Å². The van der Waals surface area contributed by atoms with E-state index in [0.29, 0.717) is 34.0 Å². The number of benzene rings is 1. The van der Waals surface area contributed by atoms with Crippen LogP contribution in [0, 0.1) is 12.3 Å². The number of carbonyl (C=O) groups is 1. The van der Waals surface area contributed by atoms with Gasteiger partial charge in [0.15, 0.2) is 0 Å². The van der Waals surface area contributed by atoms with Gasteiger partial charge in [0.1, 0.15) is 11.6 Å². The summed E-state index contributed by atoms with van der Waals surface area (Å²) in [4.78, 5) is 22.1. The molecule has 1 aromatic carbocycles. The number of pyridine rings is 1. The number of aryl methyl sites for hydroxylation is 1. The first-order valence-electron chi connectivity index (χ1n) is 13.4. The van der Waals surface area contributed by atoms with E-state index < -0.39 is 23.1 Å². The lowest BCUT2D eigenvalue weighted by molar-refractivity contribution is -0.0221. The molecule has 1 amide bonds. The van der Waals surface area contributed by atoms with E-state index >= 15 is 0 Å². The van der Waals surface area contributed by atoms with Crippen molar-refractivity contribution in [3.8, 4) is 0 Å². The molecule has 1 atom stereocenters. The Morgan fingerprint density at radius 2 is 1.74 bits per heavy atom. The van der Waals surface area contributed by atoms with Gasteiger partial charge in [0.2, 0.25) is 0 Å². The second-order valence-electron chi connectivity index (χ2n) is 10.9. The molecule has 1 spiro atoms. The summed E-state index contributed by atoms with van der Waals surface area (Å²) in [7, 11) is 0. The van der Waals surface area contributed by atoms with Gasteiger partial charge in [0.05, 0.1) is 30.1 Å². The molecule has 1 saturated carbocycles. The Bertz CT molecular complexity index is 1240. The molecular weight excluding hydrogens is 528 g/mol. The van der Waals surface area contributed by atoms with Crippen LogP contribution >= 0.6 is 0 Å². The smallest absolute Gasteiger partial charge is 0.258 e. The van der Waals surface area contributed by atoms with Crippen molar-refractivity contribution in [3.63, 3.8) is 0 Å². The Morgan fingerprint density at radius 1 is 1.08 bits per heavy atom. The number of halogens is 2. The Hall–Kier alpha value is -2.83. The number of piperidine rings is 2. The monoisotopic (exact) mass is 562 g/mol. The first kappa shape index (κ1) is 27.7. The van der Waals surface area contributed by atoms with Gasteiger partial charge in [-0.1, -0.05) is 0 Å². The number of aliphatic hydroxyl groups excluding tert-OH is 1. The molecule has 9 nitrogen and oxygen atoms in total. The number of alkyl halides is 2. The third kappa shape index (κ3) is 6.33. The Morgan fingerprint density at radius 3 is 2.36 bits per heavy atom. The number of anilines is 4. The molecule has 212 valence electrons. The number of nitrogens with one attached hydrogen (secondary N) is 1. The van der Waals surface area contributed by atoms with Gasteiger partial charge in [-0.3, -0.25) is 9.00 Å². The van der Waals surface area contributed by atoms with Gasteiger partial charge in [-0.2, -0.15) is 0 Å². The van der Waals surface area contributed by atoms with E-state index in [2.05, 4.69) is 15.2 Å². The molecule has 1 aromatic heterocycles. The zero-order valence-electron chi connectivity index (χ0n) is 22.0. The van der Waals surface area contributed by atoms with Gasteiger partial charge in [0.25, 0.3) is 11.8 Å². The van der Waals surface area contributed by atoms with Crippen molar-refractivity contribution >= 4 is 40.2 Å². The molecule has 5 rings (SSSR count). The third-order valence-corrected chi connectivity index (χ3v) is 8.89. The van der Waals surface area contributed by atoms with E-state index in [-0.39, 0.29) is 39.1 Å². The van der Waals surface area contributed by atoms with E-state index in [1.165, 1.54) is 12.8 Å². The zero-order chi connectivity index (χ0) is 27.8. The average molecular weight is 563 g/mol. The van der Waals surface area contributed by atoms with Gasteiger partial charge < -0.3 is 29.1 Å². The van der Waals surface area contributed by atoms with Crippen LogP contribution in [0.25, 0.3) is 0 Å². The summed E-state index contributed by atoms with van der Waals surface area (Å²) in [6, 6.07) is 8.39. The molecule has 3 heterocycles. The first-order valence-corrected chi connectivity index (χ1v) is 14.4. The minimum absolute atomic E-state index is 0.0946. The van der Waals surface area contributed by atoms with Crippen LogP contribution in [-0.4, -0.2) is 70.0 Å². The van der Waals surface area contributed by atoms with Crippen LogP contribution in [0.5, 0.6) is 0 Å². The van der Waals surface area contributed by atoms with Crippen molar-refractivity contribution in [3.05, 3.63) is 41.5 Å². The number of aliphatic hydroxyl groups is 1. The molecule has 1 aliphatic carbocycles. The van der Waals surface area contributed by atoms with Gasteiger partial charge >= 0.3 is 0 Å². The van der Waals surface area contributed by atoms with Crippen molar-refractivity contribution in [1.29, 1.82) is 0 Å². The minimum atomic E-state index is -2.67. The summed E-state index contributed by atoms with van der Waals surface area (Å²) in [6.07, 6.45) is 4.01. The molecule has 2 aliphatic heterocycles. The Labute approximate surface area is 229 Å². The molecule has 0 radical (unpaired) electrons. The number of hydrogen-bond donors (Lipinski definition) is 2. The quantitative estimate of drug-likeness (QED) is 0.470. The molecule has 12 heteroatoms. The van der Waals surface area contributed by atoms with Crippen LogP contribution in [0.4, 0.5) is 31.8 Å². The van der Waals surface area contributed by atoms with Crippen molar-refractivity contribution in [2.75, 3.05) is 58.8 Å². The fourth-order valence-corrected chi connectivity index (χ4v) is 6.05. The summed E-state index contributed by atoms with van der Waals surface area (Å²) < 4.78 is 52.0. The summed E-state index contributed by atoms with van der Waals surface area (Å²) >= 11 is -2.59. The summed E-state index contributed by atoms with van der Waals surface area (Å²) in [5.74, 6) is -2.20. The highest BCUT2D eigenvalue weighted by molar-refractivity contribution is 7.80. The number of aromatic nitrogens is 1. The molecule has 2 aromatic rings. The van der Waals surface area contributed by atoms with E-state index in [1.807, 2.05) is 13.0 Å². The largest absolute Gasteiger partial charge is 0.755 e. The number of carbonyl (C=O) groups excluding carboxylic acids is 1. The molecule has 2 N–H and O–H groups in total. The highest BCUT2D eigenvalue weighted by atomic mass is 32.2. The topological polar surface area (TPSA) is 112 Å². The molecule has 1 unspecified atom stereocenters. The standard InChI is InChI=1S/C27H35F2N5O4S/c1-19-16-23(30-24(17-19)33-12-8-27(28,29)9-13-33)31-25(36)21-3-2-20(34(14-15-35)39(37)38)18-22(21)32-10-6-26(4-5-26)7-11-32/h2-3,16-18,35H,4-15H2,1H3,(H,37,38)(H,30,31,36)/p-1. The fraction of sp³-hybridized carbons (Fsp3) is 0.556. The first-order chi connectivity index (χ1) is 18.6. The number of hydrogen-bond acceptors (Lipinski definition) is 7.